The average Bonchev–Trinajstić information content (AvgIpc) is 2.99. The van der Waals surface area contributed by atoms with Crippen molar-refractivity contribution < 1.29 is 23.9 Å². The molecule has 28 heavy (non-hydrogen) atoms. The Morgan fingerprint density at radius 1 is 1.21 bits per heavy atom. The number of benzene rings is 1. The Morgan fingerprint density at radius 3 is 2.43 bits per heavy atom. The molecule has 1 saturated heterocycles. The second-order valence-electron chi connectivity index (χ2n) is 8.61. The first-order valence-corrected chi connectivity index (χ1v) is 9.84. The molecule has 2 atom stereocenters. The van der Waals surface area contributed by atoms with Crippen molar-refractivity contribution in [1.82, 2.24) is 4.90 Å². The van der Waals surface area contributed by atoms with E-state index in [1.54, 1.807) is 20.8 Å². The second kappa shape index (κ2) is 9.22. The number of esters is 1. The summed E-state index contributed by atoms with van der Waals surface area (Å²) in [5.74, 6) is -1.36. The van der Waals surface area contributed by atoms with Crippen LogP contribution in [0.3, 0.4) is 0 Å². The van der Waals surface area contributed by atoms with Gasteiger partial charge in [-0.1, -0.05) is 44.2 Å². The minimum absolute atomic E-state index is 0.0580. The number of carbonyl (C=O) groups excluding carboxylic acids is 3. The molecule has 0 aromatic heterocycles. The van der Waals surface area contributed by atoms with Gasteiger partial charge in [0.15, 0.2) is 0 Å². The van der Waals surface area contributed by atoms with E-state index in [2.05, 4.69) is 0 Å². The highest BCUT2D eigenvalue weighted by Crippen LogP contribution is 2.26. The van der Waals surface area contributed by atoms with Crippen molar-refractivity contribution in [2.75, 3.05) is 6.61 Å². The SMILES string of the molecule is CC(C)C1COC(=O)N1C(=O)[C@H](CCc1ccccc1)CC(=O)OC(C)(C)C. The third-order valence-electron chi connectivity index (χ3n) is 4.72. The van der Waals surface area contributed by atoms with E-state index in [9.17, 15) is 14.4 Å². The first-order chi connectivity index (χ1) is 13.1. The molecule has 1 aliphatic rings. The van der Waals surface area contributed by atoms with Crippen molar-refractivity contribution in [3.63, 3.8) is 0 Å². The lowest BCUT2D eigenvalue weighted by molar-refractivity contribution is -0.158. The van der Waals surface area contributed by atoms with Gasteiger partial charge in [0.25, 0.3) is 0 Å². The summed E-state index contributed by atoms with van der Waals surface area (Å²) in [5, 5.41) is 0. The number of rotatable bonds is 7. The molecule has 0 aliphatic carbocycles. The Kier molecular flexibility index (Phi) is 7.22. The van der Waals surface area contributed by atoms with E-state index >= 15 is 0 Å². The van der Waals surface area contributed by atoms with E-state index in [0.29, 0.717) is 12.8 Å². The smallest absolute Gasteiger partial charge is 0.416 e. The summed E-state index contributed by atoms with van der Waals surface area (Å²) in [6, 6.07) is 9.46. The average molecular weight is 389 g/mol. The van der Waals surface area contributed by atoms with E-state index in [4.69, 9.17) is 9.47 Å². The van der Waals surface area contributed by atoms with E-state index in [0.717, 1.165) is 5.56 Å². The molecule has 1 heterocycles. The Labute approximate surface area is 167 Å². The second-order valence-corrected chi connectivity index (χ2v) is 8.61. The zero-order valence-corrected chi connectivity index (χ0v) is 17.4. The standard InChI is InChI=1S/C22H31NO5/c1-15(2)18-14-27-21(26)23(18)20(25)17(13-19(24)28-22(3,4)5)12-11-16-9-7-6-8-10-16/h6-10,15,17-18H,11-14H2,1-5H3/t17-,18?/m1/s1. The fraction of sp³-hybridized carbons (Fsp3) is 0.591. The molecule has 6 nitrogen and oxygen atoms in total. The summed E-state index contributed by atoms with van der Waals surface area (Å²) < 4.78 is 10.5. The molecule has 2 rings (SSSR count). The van der Waals surface area contributed by atoms with Crippen molar-refractivity contribution in [2.24, 2.45) is 11.8 Å². The summed E-state index contributed by atoms with van der Waals surface area (Å²) in [6.07, 6.45) is 0.404. The molecule has 0 N–H and O–H groups in total. The maximum Gasteiger partial charge on any atom is 0.416 e. The molecule has 1 unspecified atom stereocenters. The van der Waals surface area contributed by atoms with Crippen LogP contribution in [0.4, 0.5) is 4.79 Å². The molecule has 154 valence electrons. The quantitative estimate of drug-likeness (QED) is 0.660. The highest BCUT2D eigenvalue weighted by molar-refractivity contribution is 5.96. The van der Waals surface area contributed by atoms with Gasteiger partial charge in [0, 0.05) is 5.92 Å². The number of nitrogens with zero attached hydrogens (tertiary/aromatic N) is 1. The lowest BCUT2D eigenvalue weighted by Gasteiger charge is -2.27. The van der Waals surface area contributed by atoms with Gasteiger partial charge in [0.2, 0.25) is 5.91 Å². The summed E-state index contributed by atoms with van der Waals surface area (Å²) >= 11 is 0. The van der Waals surface area contributed by atoms with Gasteiger partial charge in [-0.3, -0.25) is 9.59 Å². The number of aryl methyl sites for hydroxylation is 1. The molecule has 1 fully saturated rings. The Morgan fingerprint density at radius 2 is 1.86 bits per heavy atom. The van der Waals surface area contributed by atoms with Crippen LogP contribution in [0.1, 0.15) is 53.0 Å². The molecule has 0 spiro atoms. The van der Waals surface area contributed by atoms with Crippen LogP contribution in [0, 0.1) is 11.8 Å². The maximum absolute atomic E-state index is 13.2. The lowest BCUT2D eigenvalue weighted by atomic mass is 9.93. The van der Waals surface area contributed by atoms with Gasteiger partial charge >= 0.3 is 12.1 Å². The van der Waals surface area contributed by atoms with Gasteiger partial charge in [-0.2, -0.15) is 0 Å². The summed E-state index contributed by atoms with van der Waals surface area (Å²) in [5.41, 5.74) is 0.450. The number of imide groups is 1. The van der Waals surface area contributed by atoms with Crippen LogP contribution in [0.2, 0.25) is 0 Å². The topological polar surface area (TPSA) is 72.9 Å². The van der Waals surface area contributed by atoms with Gasteiger partial charge in [0.1, 0.15) is 12.2 Å². The number of carbonyl (C=O) groups is 3. The number of hydrogen-bond acceptors (Lipinski definition) is 5. The normalized spacial score (nSPS) is 18.1. The van der Waals surface area contributed by atoms with Gasteiger partial charge < -0.3 is 9.47 Å². The van der Waals surface area contributed by atoms with Crippen molar-refractivity contribution in [3.8, 4) is 0 Å². The van der Waals surface area contributed by atoms with E-state index in [-0.39, 0.29) is 30.9 Å². The van der Waals surface area contributed by atoms with Crippen molar-refractivity contribution in [2.45, 2.75) is 65.5 Å². The molecule has 0 bridgehead atoms. The first-order valence-electron chi connectivity index (χ1n) is 9.84. The van der Waals surface area contributed by atoms with Crippen LogP contribution in [0.25, 0.3) is 0 Å². The minimum Gasteiger partial charge on any atom is -0.460 e. The van der Waals surface area contributed by atoms with Gasteiger partial charge in [-0.15, -0.1) is 0 Å². The highest BCUT2D eigenvalue weighted by Gasteiger charge is 2.42. The molecule has 1 aliphatic heterocycles. The third kappa shape index (κ3) is 6.08. The summed E-state index contributed by atoms with van der Waals surface area (Å²) in [7, 11) is 0. The van der Waals surface area contributed by atoms with Gasteiger partial charge in [-0.25, -0.2) is 9.69 Å². The number of ether oxygens (including phenoxy) is 2. The Hall–Kier alpha value is -2.37. The number of cyclic esters (lactones) is 1. The van der Waals surface area contributed by atoms with Crippen molar-refractivity contribution in [1.29, 1.82) is 0 Å². The van der Waals surface area contributed by atoms with E-state index in [1.807, 2.05) is 44.2 Å². The summed E-state index contributed by atoms with van der Waals surface area (Å²) in [4.78, 5) is 39.0. The van der Waals surface area contributed by atoms with Crippen LogP contribution < -0.4 is 0 Å². The Balaban J connectivity index is 2.17. The maximum atomic E-state index is 13.2. The molecule has 0 saturated carbocycles. The van der Waals surface area contributed by atoms with Gasteiger partial charge in [0.05, 0.1) is 12.5 Å². The molecule has 2 amide bonds. The van der Waals surface area contributed by atoms with Crippen LogP contribution in [0.5, 0.6) is 0 Å². The largest absolute Gasteiger partial charge is 0.460 e. The van der Waals surface area contributed by atoms with E-state index < -0.39 is 23.6 Å². The predicted molar refractivity (Wildman–Crippen MR) is 106 cm³/mol. The van der Waals surface area contributed by atoms with Crippen molar-refractivity contribution >= 4 is 18.0 Å². The number of amides is 2. The molecule has 1 aromatic carbocycles. The van der Waals surface area contributed by atoms with E-state index in [1.165, 1.54) is 4.90 Å². The Bertz CT molecular complexity index is 693. The highest BCUT2D eigenvalue weighted by atomic mass is 16.6. The number of hydrogen-bond donors (Lipinski definition) is 0. The fourth-order valence-corrected chi connectivity index (χ4v) is 3.26. The predicted octanol–water partition coefficient (Wildman–Crippen LogP) is 3.97. The summed E-state index contributed by atoms with van der Waals surface area (Å²) in [6.45, 7) is 9.45. The third-order valence-corrected chi connectivity index (χ3v) is 4.72. The van der Waals surface area contributed by atoms with Gasteiger partial charge in [-0.05, 0) is 45.1 Å². The monoisotopic (exact) mass is 389 g/mol. The first kappa shape index (κ1) is 21.9. The van der Waals surface area contributed by atoms with Crippen LogP contribution in [-0.2, 0) is 25.5 Å². The zero-order chi connectivity index (χ0) is 20.9. The van der Waals surface area contributed by atoms with Crippen LogP contribution in [0.15, 0.2) is 30.3 Å². The van der Waals surface area contributed by atoms with Crippen LogP contribution >= 0.6 is 0 Å². The zero-order valence-electron chi connectivity index (χ0n) is 17.4. The molecular formula is C22H31NO5. The molecular weight excluding hydrogens is 358 g/mol. The lowest BCUT2D eigenvalue weighted by Crippen LogP contribution is -2.45. The van der Waals surface area contributed by atoms with Crippen LogP contribution in [-0.4, -0.2) is 41.1 Å². The molecule has 6 heteroatoms. The fourth-order valence-electron chi connectivity index (χ4n) is 3.26. The molecule has 1 aromatic rings. The van der Waals surface area contributed by atoms with Crippen molar-refractivity contribution in [3.05, 3.63) is 35.9 Å². The minimum atomic E-state index is -0.637. The molecule has 0 radical (unpaired) electrons.